The lowest BCUT2D eigenvalue weighted by Gasteiger charge is -2.10. The highest BCUT2D eigenvalue weighted by atomic mass is 19.1. The van der Waals surface area contributed by atoms with Gasteiger partial charge >= 0.3 is 0 Å². The number of aromatic nitrogens is 3. The lowest BCUT2D eigenvalue weighted by molar-refractivity contribution is 0.586. The number of nitrogens with zero attached hydrogens (tertiary/aromatic N) is 3. The van der Waals surface area contributed by atoms with E-state index < -0.39 is 11.6 Å². The van der Waals surface area contributed by atoms with E-state index in [9.17, 15) is 8.78 Å². The first-order valence-electron chi connectivity index (χ1n) is 7.27. The first kappa shape index (κ1) is 15.8. The number of aryl methyl sites for hydroxylation is 2. The minimum Gasteiger partial charge on any atom is -0.336 e. The van der Waals surface area contributed by atoms with E-state index in [4.69, 9.17) is 0 Å². The van der Waals surface area contributed by atoms with Gasteiger partial charge in [0.2, 0.25) is 5.95 Å². The maximum Gasteiger partial charge on any atom is 0.249 e. The average Bonchev–Trinajstić information content (AvgIpc) is 2.54. The van der Waals surface area contributed by atoms with Crippen LogP contribution in [-0.2, 0) is 0 Å². The zero-order valence-electron chi connectivity index (χ0n) is 13.1. The topological polar surface area (TPSA) is 62.7 Å². The highest BCUT2D eigenvalue weighted by Gasteiger charge is 2.07. The molecule has 0 aliphatic heterocycles. The van der Waals surface area contributed by atoms with Gasteiger partial charge in [-0.05, 0) is 43.2 Å². The van der Waals surface area contributed by atoms with Crippen molar-refractivity contribution in [1.29, 1.82) is 0 Å². The fraction of sp³-hybridized carbons (Fsp3) is 0.118. The van der Waals surface area contributed by atoms with Crippen molar-refractivity contribution >= 4 is 23.1 Å². The van der Waals surface area contributed by atoms with E-state index in [1.807, 2.05) is 32.0 Å². The van der Waals surface area contributed by atoms with Crippen LogP contribution in [0.4, 0.5) is 31.9 Å². The monoisotopic (exact) mass is 327 g/mol. The van der Waals surface area contributed by atoms with Crippen molar-refractivity contribution in [2.75, 3.05) is 10.6 Å². The fourth-order valence-electron chi connectivity index (χ4n) is 2.14. The molecule has 3 rings (SSSR count). The Morgan fingerprint density at radius 2 is 1.75 bits per heavy atom. The van der Waals surface area contributed by atoms with Crippen LogP contribution in [-0.4, -0.2) is 15.2 Å². The molecule has 1 aromatic heterocycles. The van der Waals surface area contributed by atoms with Gasteiger partial charge in [-0.1, -0.05) is 12.1 Å². The minimum absolute atomic E-state index is 0.106. The zero-order valence-corrected chi connectivity index (χ0v) is 13.1. The van der Waals surface area contributed by atoms with Crippen LogP contribution in [0.5, 0.6) is 0 Å². The SMILES string of the molecule is Cc1ccc(C)c(Nc2nncc(Nc3ccc(F)cc3F)n2)c1. The van der Waals surface area contributed by atoms with E-state index in [0.29, 0.717) is 5.82 Å². The van der Waals surface area contributed by atoms with Crippen LogP contribution >= 0.6 is 0 Å². The smallest absolute Gasteiger partial charge is 0.249 e. The number of hydrogen-bond acceptors (Lipinski definition) is 5. The minimum atomic E-state index is -0.711. The van der Waals surface area contributed by atoms with Gasteiger partial charge in [-0.2, -0.15) is 10.1 Å². The van der Waals surface area contributed by atoms with Crippen molar-refractivity contribution in [2.24, 2.45) is 0 Å². The molecular formula is C17H15F2N5. The quantitative estimate of drug-likeness (QED) is 0.750. The summed E-state index contributed by atoms with van der Waals surface area (Å²) in [5, 5.41) is 13.6. The molecule has 0 amide bonds. The molecule has 2 N–H and O–H groups in total. The second kappa shape index (κ2) is 6.57. The Bertz CT molecular complexity index is 883. The van der Waals surface area contributed by atoms with E-state index in [1.165, 1.54) is 12.3 Å². The summed E-state index contributed by atoms with van der Waals surface area (Å²) in [5.41, 5.74) is 3.10. The summed E-state index contributed by atoms with van der Waals surface area (Å²) >= 11 is 0. The van der Waals surface area contributed by atoms with Gasteiger partial charge in [-0.25, -0.2) is 8.78 Å². The summed E-state index contributed by atoms with van der Waals surface area (Å²) in [6.45, 7) is 3.95. The zero-order chi connectivity index (χ0) is 17.1. The maximum atomic E-state index is 13.7. The van der Waals surface area contributed by atoms with Gasteiger partial charge in [0.05, 0.1) is 11.9 Å². The molecule has 0 aliphatic carbocycles. The number of anilines is 4. The van der Waals surface area contributed by atoms with Gasteiger partial charge in [-0.15, -0.1) is 5.10 Å². The molecule has 122 valence electrons. The molecule has 1 heterocycles. The third-order valence-electron chi connectivity index (χ3n) is 3.39. The lowest BCUT2D eigenvalue weighted by Crippen LogP contribution is -2.04. The number of nitrogens with one attached hydrogen (secondary N) is 2. The van der Waals surface area contributed by atoms with Crippen LogP contribution in [0.3, 0.4) is 0 Å². The van der Waals surface area contributed by atoms with E-state index in [2.05, 4.69) is 25.8 Å². The van der Waals surface area contributed by atoms with E-state index >= 15 is 0 Å². The van der Waals surface area contributed by atoms with Gasteiger partial charge < -0.3 is 10.6 Å². The number of hydrogen-bond donors (Lipinski definition) is 2. The molecule has 0 bridgehead atoms. The van der Waals surface area contributed by atoms with Gasteiger partial charge in [0, 0.05) is 11.8 Å². The van der Waals surface area contributed by atoms with Crippen molar-refractivity contribution in [3.63, 3.8) is 0 Å². The second-order valence-electron chi connectivity index (χ2n) is 5.36. The molecule has 3 aromatic rings. The molecule has 0 spiro atoms. The van der Waals surface area contributed by atoms with Gasteiger partial charge in [-0.3, -0.25) is 0 Å². The van der Waals surface area contributed by atoms with Crippen molar-refractivity contribution in [2.45, 2.75) is 13.8 Å². The summed E-state index contributed by atoms with van der Waals surface area (Å²) in [6.07, 6.45) is 1.36. The molecule has 2 aromatic carbocycles. The van der Waals surface area contributed by atoms with Crippen LogP contribution in [0.2, 0.25) is 0 Å². The van der Waals surface area contributed by atoms with Gasteiger partial charge in [0.1, 0.15) is 11.6 Å². The standard InChI is InChI=1S/C17H15F2N5/c1-10-3-4-11(2)15(7-10)22-17-23-16(9-20-24-17)21-14-6-5-12(18)8-13(14)19/h3-9H,1-2H3,(H2,21,22,23,24). The maximum absolute atomic E-state index is 13.7. The van der Waals surface area contributed by atoms with Gasteiger partial charge in [0.25, 0.3) is 0 Å². The molecule has 0 atom stereocenters. The summed E-state index contributed by atoms with van der Waals surface area (Å²) in [6, 6.07) is 9.22. The Morgan fingerprint density at radius 1 is 0.917 bits per heavy atom. The number of benzene rings is 2. The highest BCUT2D eigenvalue weighted by Crippen LogP contribution is 2.22. The molecule has 5 nitrogen and oxygen atoms in total. The summed E-state index contributed by atoms with van der Waals surface area (Å²) in [4.78, 5) is 4.24. The van der Waals surface area contributed by atoms with Crippen LogP contribution < -0.4 is 10.6 Å². The third-order valence-corrected chi connectivity index (χ3v) is 3.39. The summed E-state index contributed by atoms with van der Waals surface area (Å²) in [7, 11) is 0. The Labute approximate surface area is 137 Å². The molecule has 0 aliphatic rings. The average molecular weight is 327 g/mol. The molecule has 24 heavy (non-hydrogen) atoms. The van der Waals surface area contributed by atoms with Crippen molar-refractivity contribution in [3.8, 4) is 0 Å². The molecule has 0 saturated carbocycles. The summed E-state index contributed by atoms with van der Waals surface area (Å²) in [5.74, 6) is -0.784. The Kier molecular flexibility index (Phi) is 4.33. The van der Waals surface area contributed by atoms with Crippen molar-refractivity contribution < 1.29 is 8.78 Å². The van der Waals surface area contributed by atoms with Crippen LogP contribution in [0.15, 0.2) is 42.6 Å². The molecule has 7 heteroatoms. The fourth-order valence-corrected chi connectivity index (χ4v) is 2.14. The molecule has 0 unspecified atom stereocenters. The van der Waals surface area contributed by atoms with E-state index in [0.717, 1.165) is 28.9 Å². The molecule has 0 radical (unpaired) electrons. The second-order valence-corrected chi connectivity index (χ2v) is 5.36. The van der Waals surface area contributed by atoms with Crippen LogP contribution in [0, 0.1) is 25.5 Å². The normalized spacial score (nSPS) is 10.5. The Balaban J connectivity index is 1.82. The molecule has 0 saturated heterocycles. The number of rotatable bonds is 4. The van der Waals surface area contributed by atoms with E-state index in [1.54, 1.807) is 0 Å². The summed E-state index contributed by atoms with van der Waals surface area (Å²) < 4.78 is 26.6. The highest BCUT2D eigenvalue weighted by molar-refractivity contribution is 5.61. The Hall–Kier alpha value is -3.09. The number of halogens is 2. The molecule has 0 fully saturated rings. The third kappa shape index (κ3) is 3.62. The van der Waals surface area contributed by atoms with Crippen molar-refractivity contribution in [1.82, 2.24) is 15.2 Å². The Morgan fingerprint density at radius 3 is 2.54 bits per heavy atom. The predicted molar refractivity (Wildman–Crippen MR) is 88.7 cm³/mol. The first-order valence-corrected chi connectivity index (χ1v) is 7.27. The molecular weight excluding hydrogens is 312 g/mol. The lowest BCUT2D eigenvalue weighted by atomic mass is 10.1. The predicted octanol–water partition coefficient (Wildman–Crippen LogP) is 4.25. The van der Waals surface area contributed by atoms with Crippen molar-refractivity contribution in [3.05, 3.63) is 65.4 Å². The first-order chi connectivity index (χ1) is 11.5. The van der Waals surface area contributed by atoms with Gasteiger partial charge in [0.15, 0.2) is 5.82 Å². The van der Waals surface area contributed by atoms with E-state index in [-0.39, 0.29) is 11.6 Å². The van der Waals surface area contributed by atoms with Crippen LogP contribution in [0.25, 0.3) is 0 Å². The largest absolute Gasteiger partial charge is 0.336 e. The van der Waals surface area contributed by atoms with Crippen LogP contribution in [0.1, 0.15) is 11.1 Å².